The Labute approximate surface area is 99.5 Å². The molecule has 0 aromatic carbocycles. The van der Waals surface area contributed by atoms with Crippen LogP contribution in [0.1, 0.15) is 70.6 Å². The van der Waals surface area contributed by atoms with E-state index in [2.05, 4.69) is 0 Å². The summed E-state index contributed by atoms with van der Waals surface area (Å²) in [6.45, 7) is 0. The van der Waals surface area contributed by atoms with Gasteiger partial charge in [0.2, 0.25) is 0 Å². The van der Waals surface area contributed by atoms with Crippen LogP contribution in [-0.4, -0.2) is 12.2 Å². The Balaban J connectivity index is 2.19. The van der Waals surface area contributed by atoms with Crippen LogP contribution in [0, 0.1) is 0 Å². The average molecular weight is 233 g/mol. The van der Waals surface area contributed by atoms with Crippen molar-refractivity contribution in [3.63, 3.8) is 0 Å². The summed E-state index contributed by atoms with van der Waals surface area (Å²) in [4.78, 5) is 0. The molecule has 1 saturated carbocycles. The second-order valence-corrected chi connectivity index (χ2v) is 4.88. The monoisotopic (exact) mass is 232 g/mol. The van der Waals surface area contributed by atoms with Gasteiger partial charge in [-0.05, 0) is 12.8 Å². The molecule has 0 atom stereocenters. The highest BCUT2D eigenvalue weighted by atomic mass is 35.5. The molecule has 0 N–H and O–H groups in total. The molecule has 0 saturated heterocycles. The number of alkyl halides is 1. The zero-order valence-corrected chi connectivity index (χ0v) is 10.6. The van der Waals surface area contributed by atoms with E-state index < -0.39 is 0 Å². The second kappa shape index (κ2) is 9.47. The molecule has 1 rings (SSSR count). The standard InChI is InChI=1S/C13H25ClO/c14-12-15-13-10-8-6-4-2-1-3-5-7-9-11-13/h13H,1-12H2. The minimum Gasteiger partial charge on any atom is -0.363 e. The van der Waals surface area contributed by atoms with E-state index in [0.717, 1.165) is 0 Å². The molecule has 2 heteroatoms. The van der Waals surface area contributed by atoms with Crippen molar-refractivity contribution in [3.8, 4) is 0 Å². The molecule has 0 radical (unpaired) electrons. The van der Waals surface area contributed by atoms with Crippen molar-refractivity contribution in [1.29, 1.82) is 0 Å². The Hall–Kier alpha value is 0.250. The summed E-state index contributed by atoms with van der Waals surface area (Å²) in [5.41, 5.74) is 0. The predicted octanol–water partition coefficient (Wildman–Crippen LogP) is 4.87. The Kier molecular flexibility index (Phi) is 8.41. The minimum atomic E-state index is 0.366. The van der Waals surface area contributed by atoms with Gasteiger partial charge in [0.1, 0.15) is 6.07 Å². The van der Waals surface area contributed by atoms with Crippen LogP contribution in [0.25, 0.3) is 0 Å². The molecule has 0 bridgehead atoms. The molecule has 1 fully saturated rings. The molecule has 0 aromatic rings. The number of ether oxygens (including phenoxy) is 1. The Morgan fingerprint density at radius 2 is 1.13 bits per heavy atom. The van der Waals surface area contributed by atoms with E-state index in [0.29, 0.717) is 12.2 Å². The third-order valence-electron chi connectivity index (χ3n) is 3.35. The Morgan fingerprint density at radius 3 is 1.53 bits per heavy atom. The zero-order valence-electron chi connectivity index (χ0n) is 9.85. The van der Waals surface area contributed by atoms with Crippen molar-refractivity contribution in [2.45, 2.75) is 76.7 Å². The smallest absolute Gasteiger partial charge is 0.121 e. The van der Waals surface area contributed by atoms with Gasteiger partial charge in [0, 0.05) is 0 Å². The van der Waals surface area contributed by atoms with Crippen molar-refractivity contribution in [2.24, 2.45) is 0 Å². The third kappa shape index (κ3) is 7.19. The summed E-state index contributed by atoms with van der Waals surface area (Å²) >= 11 is 5.64. The lowest BCUT2D eigenvalue weighted by molar-refractivity contribution is 0.0689. The molecule has 15 heavy (non-hydrogen) atoms. The van der Waals surface area contributed by atoms with E-state index in [1.165, 1.54) is 70.6 Å². The van der Waals surface area contributed by atoms with Crippen molar-refractivity contribution in [3.05, 3.63) is 0 Å². The van der Waals surface area contributed by atoms with E-state index in [-0.39, 0.29) is 0 Å². The maximum absolute atomic E-state index is 5.64. The molecule has 0 aromatic heterocycles. The van der Waals surface area contributed by atoms with E-state index in [1.54, 1.807) is 0 Å². The fourth-order valence-electron chi connectivity index (χ4n) is 2.38. The van der Waals surface area contributed by atoms with Gasteiger partial charge in [0.25, 0.3) is 0 Å². The largest absolute Gasteiger partial charge is 0.363 e. The first kappa shape index (κ1) is 13.3. The lowest BCUT2D eigenvalue weighted by atomic mass is 9.99. The fraction of sp³-hybridized carbons (Fsp3) is 1.00. The van der Waals surface area contributed by atoms with Crippen LogP contribution in [-0.2, 0) is 4.74 Å². The summed E-state index contributed by atoms with van der Waals surface area (Å²) in [6.07, 6.45) is 15.4. The highest BCUT2D eigenvalue weighted by molar-refractivity contribution is 6.17. The minimum absolute atomic E-state index is 0.366. The summed E-state index contributed by atoms with van der Waals surface area (Å²) in [5.74, 6) is 0. The van der Waals surface area contributed by atoms with Crippen LogP contribution in [0.4, 0.5) is 0 Å². The quantitative estimate of drug-likeness (QED) is 0.617. The summed E-state index contributed by atoms with van der Waals surface area (Å²) in [5, 5.41) is 0. The van der Waals surface area contributed by atoms with E-state index in [9.17, 15) is 0 Å². The molecule has 0 unspecified atom stereocenters. The normalized spacial score (nSPS) is 23.0. The van der Waals surface area contributed by atoms with Crippen LogP contribution in [0.5, 0.6) is 0 Å². The van der Waals surface area contributed by atoms with E-state index in [4.69, 9.17) is 16.3 Å². The summed E-state index contributed by atoms with van der Waals surface area (Å²) in [7, 11) is 0. The van der Waals surface area contributed by atoms with Gasteiger partial charge in [0.05, 0.1) is 6.10 Å². The van der Waals surface area contributed by atoms with Gasteiger partial charge in [-0.1, -0.05) is 69.4 Å². The molecule has 0 spiro atoms. The van der Waals surface area contributed by atoms with Gasteiger partial charge >= 0.3 is 0 Å². The fourth-order valence-corrected chi connectivity index (χ4v) is 2.56. The third-order valence-corrected chi connectivity index (χ3v) is 3.48. The summed E-state index contributed by atoms with van der Waals surface area (Å²) < 4.78 is 5.55. The lowest BCUT2D eigenvalue weighted by Crippen LogP contribution is -2.12. The van der Waals surface area contributed by atoms with Crippen LogP contribution < -0.4 is 0 Å². The number of hydrogen-bond donors (Lipinski definition) is 0. The number of rotatable bonds is 2. The number of halogens is 1. The van der Waals surface area contributed by atoms with Crippen molar-refractivity contribution < 1.29 is 4.74 Å². The SMILES string of the molecule is ClCOC1CCCCCCCCCCC1. The van der Waals surface area contributed by atoms with Crippen molar-refractivity contribution in [2.75, 3.05) is 6.07 Å². The summed E-state index contributed by atoms with van der Waals surface area (Å²) in [6, 6.07) is 0.366. The molecule has 0 amide bonds. The molecule has 1 aliphatic rings. The number of hydrogen-bond acceptors (Lipinski definition) is 1. The Bertz CT molecular complexity index is 126. The predicted molar refractivity (Wildman–Crippen MR) is 66.4 cm³/mol. The molecule has 1 aliphatic carbocycles. The molecule has 0 heterocycles. The lowest BCUT2D eigenvalue weighted by Gasteiger charge is -2.17. The van der Waals surface area contributed by atoms with Gasteiger partial charge in [-0.25, -0.2) is 0 Å². The molecule has 90 valence electrons. The average Bonchev–Trinajstić information content (AvgIpc) is 2.22. The second-order valence-electron chi connectivity index (χ2n) is 4.66. The zero-order chi connectivity index (χ0) is 10.8. The highest BCUT2D eigenvalue weighted by Crippen LogP contribution is 2.18. The molecule has 0 aliphatic heterocycles. The van der Waals surface area contributed by atoms with Crippen LogP contribution in [0.3, 0.4) is 0 Å². The van der Waals surface area contributed by atoms with Gasteiger partial charge in [-0.2, -0.15) is 0 Å². The first-order valence-electron chi connectivity index (χ1n) is 6.61. The van der Waals surface area contributed by atoms with Crippen LogP contribution in [0.2, 0.25) is 0 Å². The van der Waals surface area contributed by atoms with Gasteiger partial charge < -0.3 is 4.74 Å². The Morgan fingerprint density at radius 1 is 0.733 bits per heavy atom. The van der Waals surface area contributed by atoms with Gasteiger partial charge in [-0.3, -0.25) is 0 Å². The molecular weight excluding hydrogens is 208 g/mol. The van der Waals surface area contributed by atoms with E-state index >= 15 is 0 Å². The van der Waals surface area contributed by atoms with Gasteiger partial charge in [0.15, 0.2) is 0 Å². The van der Waals surface area contributed by atoms with Crippen molar-refractivity contribution in [1.82, 2.24) is 0 Å². The topological polar surface area (TPSA) is 9.23 Å². The first-order valence-corrected chi connectivity index (χ1v) is 7.14. The van der Waals surface area contributed by atoms with Crippen LogP contribution >= 0.6 is 11.6 Å². The molecular formula is C13H25ClO. The maximum Gasteiger partial charge on any atom is 0.121 e. The first-order chi connectivity index (χ1) is 7.43. The highest BCUT2D eigenvalue weighted by Gasteiger charge is 2.08. The molecule has 1 nitrogen and oxygen atoms in total. The van der Waals surface area contributed by atoms with E-state index in [1.807, 2.05) is 0 Å². The van der Waals surface area contributed by atoms with Crippen LogP contribution in [0.15, 0.2) is 0 Å². The van der Waals surface area contributed by atoms with Gasteiger partial charge in [-0.15, -0.1) is 0 Å². The maximum atomic E-state index is 5.64. The van der Waals surface area contributed by atoms with Crippen molar-refractivity contribution >= 4 is 11.6 Å².